The van der Waals surface area contributed by atoms with Gasteiger partial charge in [-0.3, -0.25) is 9.59 Å². The van der Waals surface area contributed by atoms with Crippen LogP contribution in [0.3, 0.4) is 0 Å². The van der Waals surface area contributed by atoms with E-state index in [9.17, 15) is 9.59 Å². The molecule has 98 valence electrons. The van der Waals surface area contributed by atoms with Crippen molar-refractivity contribution >= 4 is 11.8 Å². The molecule has 1 aromatic carbocycles. The summed E-state index contributed by atoms with van der Waals surface area (Å²) in [7, 11) is 0. The fourth-order valence-corrected chi connectivity index (χ4v) is 1.58. The smallest absolute Gasteiger partial charge is 0.236 e. The molecule has 1 aromatic rings. The van der Waals surface area contributed by atoms with Crippen LogP contribution in [0.1, 0.15) is 31.9 Å². The second kappa shape index (κ2) is 5.67. The zero-order valence-electron chi connectivity index (χ0n) is 11.1. The van der Waals surface area contributed by atoms with Crippen LogP contribution in [0.4, 0.5) is 0 Å². The van der Waals surface area contributed by atoms with E-state index >= 15 is 0 Å². The van der Waals surface area contributed by atoms with Crippen LogP contribution in [0.25, 0.3) is 0 Å². The molecule has 0 saturated heterocycles. The maximum atomic E-state index is 11.6. The average Bonchev–Trinajstić information content (AvgIpc) is 2.25. The molecule has 4 nitrogen and oxygen atoms in total. The summed E-state index contributed by atoms with van der Waals surface area (Å²) in [4.78, 5) is 22.1. The van der Waals surface area contributed by atoms with Crippen molar-refractivity contribution in [2.45, 2.75) is 32.6 Å². The van der Waals surface area contributed by atoms with Gasteiger partial charge in [-0.25, -0.2) is 0 Å². The summed E-state index contributed by atoms with van der Waals surface area (Å²) < 4.78 is 0. The minimum atomic E-state index is -0.535. The highest BCUT2D eigenvalue weighted by Gasteiger charge is 2.14. The van der Waals surface area contributed by atoms with E-state index < -0.39 is 5.91 Å². The van der Waals surface area contributed by atoms with Gasteiger partial charge in [0.25, 0.3) is 0 Å². The standard InChI is InChI=1S/C14H20N2O2/c1-14(2,3)11-6-4-5-10(7-11)8-13(18)16-9-12(15)17/h4-7H,8-9H2,1-3H3,(H2,15,17)(H,16,18). The molecule has 3 N–H and O–H groups in total. The lowest BCUT2D eigenvalue weighted by Crippen LogP contribution is -2.34. The van der Waals surface area contributed by atoms with Crippen LogP contribution < -0.4 is 11.1 Å². The van der Waals surface area contributed by atoms with Gasteiger partial charge in [-0.15, -0.1) is 0 Å². The Morgan fingerprint density at radius 2 is 1.94 bits per heavy atom. The largest absolute Gasteiger partial charge is 0.368 e. The van der Waals surface area contributed by atoms with Gasteiger partial charge in [-0.1, -0.05) is 45.0 Å². The summed E-state index contributed by atoms with van der Waals surface area (Å²) in [6.07, 6.45) is 0.261. The lowest BCUT2D eigenvalue weighted by molar-refractivity contribution is -0.124. The molecule has 4 heteroatoms. The minimum Gasteiger partial charge on any atom is -0.368 e. The van der Waals surface area contributed by atoms with Crippen molar-refractivity contribution in [2.24, 2.45) is 5.73 Å². The van der Waals surface area contributed by atoms with Gasteiger partial charge >= 0.3 is 0 Å². The molecule has 2 amide bonds. The molecule has 0 radical (unpaired) electrons. The van der Waals surface area contributed by atoms with Gasteiger partial charge in [0.1, 0.15) is 0 Å². The van der Waals surface area contributed by atoms with Crippen molar-refractivity contribution in [1.82, 2.24) is 5.32 Å². The SMILES string of the molecule is CC(C)(C)c1cccc(CC(=O)NCC(N)=O)c1. The Hall–Kier alpha value is -1.84. The van der Waals surface area contributed by atoms with E-state index in [1.807, 2.05) is 24.3 Å². The molecule has 0 aliphatic carbocycles. The number of benzene rings is 1. The van der Waals surface area contributed by atoms with Gasteiger partial charge in [0.15, 0.2) is 0 Å². The van der Waals surface area contributed by atoms with Gasteiger partial charge in [-0.05, 0) is 16.5 Å². The molecule has 0 aromatic heterocycles. The molecule has 0 heterocycles. The summed E-state index contributed by atoms with van der Waals surface area (Å²) in [5.74, 6) is -0.730. The summed E-state index contributed by atoms with van der Waals surface area (Å²) >= 11 is 0. The molecule has 0 aliphatic rings. The first-order chi connectivity index (χ1) is 8.29. The number of hydrogen-bond acceptors (Lipinski definition) is 2. The molecule has 0 fully saturated rings. The normalized spacial score (nSPS) is 11.1. The van der Waals surface area contributed by atoms with Crippen molar-refractivity contribution < 1.29 is 9.59 Å². The number of nitrogens with one attached hydrogen (secondary N) is 1. The molecule has 0 saturated carbocycles. The van der Waals surface area contributed by atoms with Gasteiger partial charge < -0.3 is 11.1 Å². The predicted octanol–water partition coefficient (Wildman–Crippen LogP) is 1.13. The number of carbonyl (C=O) groups is 2. The summed E-state index contributed by atoms with van der Waals surface area (Å²) in [6, 6.07) is 7.91. The number of hydrogen-bond donors (Lipinski definition) is 2. The van der Waals surface area contributed by atoms with E-state index in [2.05, 4.69) is 26.1 Å². The van der Waals surface area contributed by atoms with Crippen LogP contribution >= 0.6 is 0 Å². The molecule has 0 spiro atoms. The third-order valence-corrected chi connectivity index (χ3v) is 2.62. The first-order valence-corrected chi connectivity index (χ1v) is 5.93. The number of carbonyl (C=O) groups excluding carboxylic acids is 2. The van der Waals surface area contributed by atoms with Crippen molar-refractivity contribution in [1.29, 1.82) is 0 Å². The van der Waals surface area contributed by atoms with Crippen LogP contribution in [-0.2, 0) is 21.4 Å². The summed E-state index contributed by atoms with van der Waals surface area (Å²) in [5.41, 5.74) is 7.13. The Labute approximate surface area is 108 Å². The van der Waals surface area contributed by atoms with Gasteiger partial charge in [0, 0.05) is 0 Å². The Kier molecular flexibility index (Phi) is 4.48. The van der Waals surface area contributed by atoms with Crippen LogP contribution in [-0.4, -0.2) is 18.4 Å². The maximum absolute atomic E-state index is 11.6. The van der Waals surface area contributed by atoms with Crippen molar-refractivity contribution in [2.75, 3.05) is 6.54 Å². The van der Waals surface area contributed by atoms with Crippen LogP contribution in [0.15, 0.2) is 24.3 Å². The Balaban J connectivity index is 2.68. The van der Waals surface area contributed by atoms with Crippen molar-refractivity contribution in [3.8, 4) is 0 Å². The monoisotopic (exact) mass is 248 g/mol. The molecule has 1 rings (SSSR count). The zero-order chi connectivity index (χ0) is 13.8. The number of rotatable bonds is 4. The highest BCUT2D eigenvalue weighted by Crippen LogP contribution is 2.22. The highest BCUT2D eigenvalue weighted by atomic mass is 16.2. The molecular formula is C14H20N2O2. The third-order valence-electron chi connectivity index (χ3n) is 2.62. The van der Waals surface area contributed by atoms with Crippen molar-refractivity contribution in [3.05, 3.63) is 35.4 Å². The molecule has 0 aliphatic heterocycles. The van der Waals surface area contributed by atoms with E-state index in [1.54, 1.807) is 0 Å². The zero-order valence-corrected chi connectivity index (χ0v) is 11.1. The van der Waals surface area contributed by atoms with E-state index in [0.717, 1.165) is 5.56 Å². The summed E-state index contributed by atoms with van der Waals surface area (Å²) in [6.45, 7) is 6.26. The second-order valence-electron chi connectivity index (χ2n) is 5.37. The van der Waals surface area contributed by atoms with Crippen LogP contribution in [0, 0.1) is 0 Å². The van der Waals surface area contributed by atoms with E-state index in [4.69, 9.17) is 5.73 Å². The average molecular weight is 248 g/mol. The third kappa shape index (κ3) is 4.57. The number of amides is 2. The van der Waals surface area contributed by atoms with Crippen LogP contribution in [0.2, 0.25) is 0 Å². The van der Waals surface area contributed by atoms with Crippen LogP contribution in [0.5, 0.6) is 0 Å². The quantitative estimate of drug-likeness (QED) is 0.838. The molecular weight excluding hydrogens is 228 g/mol. The molecule has 18 heavy (non-hydrogen) atoms. The Morgan fingerprint density at radius 3 is 2.50 bits per heavy atom. The maximum Gasteiger partial charge on any atom is 0.236 e. The molecule has 0 bridgehead atoms. The highest BCUT2D eigenvalue weighted by molar-refractivity contribution is 5.84. The van der Waals surface area contributed by atoms with E-state index in [1.165, 1.54) is 5.56 Å². The fourth-order valence-electron chi connectivity index (χ4n) is 1.58. The van der Waals surface area contributed by atoms with Gasteiger partial charge in [0.05, 0.1) is 13.0 Å². The summed E-state index contributed by atoms with van der Waals surface area (Å²) in [5, 5.41) is 2.48. The minimum absolute atomic E-state index is 0.0553. The van der Waals surface area contributed by atoms with Gasteiger partial charge in [0.2, 0.25) is 11.8 Å². The molecule has 0 unspecified atom stereocenters. The predicted molar refractivity (Wildman–Crippen MR) is 71.1 cm³/mol. The van der Waals surface area contributed by atoms with Crippen molar-refractivity contribution in [3.63, 3.8) is 0 Å². The Morgan fingerprint density at radius 1 is 1.28 bits per heavy atom. The second-order valence-corrected chi connectivity index (χ2v) is 5.37. The topological polar surface area (TPSA) is 72.2 Å². The lowest BCUT2D eigenvalue weighted by atomic mass is 9.86. The number of nitrogens with two attached hydrogens (primary N) is 1. The fraction of sp³-hybridized carbons (Fsp3) is 0.429. The van der Waals surface area contributed by atoms with E-state index in [0.29, 0.717) is 0 Å². The first-order valence-electron chi connectivity index (χ1n) is 5.93. The van der Waals surface area contributed by atoms with E-state index in [-0.39, 0.29) is 24.3 Å². The number of primary amides is 1. The van der Waals surface area contributed by atoms with Gasteiger partial charge in [-0.2, -0.15) is 0 Å². The molecule has 0 atom stereocenters. The first kappa shape index (κ1) is 14.2. The lowest BCUT2D eigenvalue weighted by Gasteiger charge is -2.19. The Bertz CT molecular complexity index is 447.